The lowest BCUT2D eigenvalue weighted by molar-refractivity contribution is 0.0892. The highest BCUT2D eigenvalue weighted by molar-refractivity contribution is 5.74. The number of nitrogens with zero attached hydrogens (tertiary/aromatic N) is 5. The van der Waals surface area contributed by atoms with Crippen LogP contribution in [0.3, 0.4) is 0 Å². The van der Waals surface area contributed by atoms with Gasteiger partial charge in [0.15, 0.2) is 11.6 Å². The van der Waals surface area contributed by atoms with Crippen LogP contribution >= 0.6 is 0 Å². The predicted molar refractivity (Wildman–Crippen MR) is 93.4 cm³/mol. The lowest BCUT2D eigenvalue weighted by atomic mass is 10.1. The van der Waals surface area contributed by atoms with Crippen LogP contribution in [0.4, 0.5) is 11.6 Å². The zero-order chi connectivity index (χ0) is 17.1. The van der Waals surface area contributed by atoms with E-state index in [0.29, 0.717) is 23.7 Å². The van der Waals surface area contributed by atoms with Crippen molar-refractivity contribution in [1.29, 1.82) is 0 Å². The summed E-state index contributed by atoms with van der Waals surface area (Å²) in [6.45, 7) is 2.34. The first-order chi connectivity index (χ1) is 12.3. The molecule has 0 bridgehead atoms. The molecule has 25 heavy (non-hydrogen) atoms. The molecule has 8 heteroatoms. The van der Waals surface area contributed by atoms with E-state index in [0.717, 1.165) is 31.7 Å². The standard InChI is InChI=1S/C17H20N6O2/c1-24-13-8-5-9-23(11-13)17-16(18-10-12-6-3-2-4-7-12)19-14-15(20-17)22-25-21-14/h2-4,6-7,13H,5,8-11H2,1H3,(H,18,19,21). The number of fused-ring (bicyclic) bond motifs is 1. The van der Waals surface area contributed by atoms with Crippen molar-refractivity contribution < 1.29 is 9.37 Å². The second-order valence-electron chi connectivity index (χ2n) is 6.09. The minimum atomic E-state index is 0.198. The molecule has 1 unspecified atom stereocenters. The number of piperidine rings is 1. The molecule has 1 aromatic carbocycles. The zero-order valence-electron chi connectivity index (χ0n) is 14.1. The van der Waals surface area contributed by atoms with E-state index in [1.165, 1.54) is 5.56 Å². The van der Waals surface area contributed by atoms with Crippen molar-refractivity contribution in [3.63, 3.8) is 0 Å². The lowest BCUT2D eigenvalue weighted by Crippen LogP contribution is -2.40. The van der Waals surface area contributed by atoms with Crippen LogP contribution in [0.2, 0.25) is 0 Å². The van der Waals surface area contributed by atoms with Crippen LogP contribution in [-0.2, 0) is 11.3 Å². The molecule has 0 radical (unpaired) electrons. The Bertz CT molecular complexity index is 838. The number of ether oxygens (including phenoxy) is 1. The molecule has 0 spiro atoms. The fourth-order valence-electron chi connectivity index (χ4n) is 3.07. The summed E-state index contributed by atoms with van der Waals surface area (Å²) in [5, 5.41) is 11.0. The quantitative estimate of drug-likeness (QED) is 0.756. The van der Waals surface area contributed by atoms with E-state index in [9.17, 15) is 0 Å². The topological polar surface area (TPSA) is 89.2 Å². The van der Waals surface area contributed by atoms with Gasteiger partial charge in [-0.2, -0.15) is 0 Å². The normalized spacial score (nSPS) is 17.8. The third kappa shape index (κ3) is 3.39. The first kappa shape index (κ1) is 15.8. The van der Waals surface area contributed by atoms with Gasteiger partial charge in [0.05, 0.1) is 6.10 Å². The van der Waals surface area contributed by atoms with Crippen LogP contribution in [0.5, 0.6) is 0 Å². The smallest absolute Gasteiger partial charge is 0.245 e. The molecule has 0 saturated carbocycles. The van der Waals surface area contributed by atoms with Gasteiger partial charge in [-0.15, -0.1) is 0 Å². The maximum atomic E-state index is 5.53. The van der Waals surface area contributed by atoms with Crippen molar-refractivity contribution in [3.05, 3.63) is 35.9 Å². The number of hydrogen-bond acceptors (Lipinski definition) is 8. The third-order valence-corrected chi connectivity index (χ3v) is 4.41. The first-order valence-corrected chi connectivity index (χ1v) is 8.39. The van der Waals surface area contributed by atoms with Crippen molar-refractivity contribution in [2.45, 2.75) is 25.5 Å². The monoisotopic (exact) mass is 340 g/mol. The van der Waals surface area contributed by atoms with Gasteiger partial charge in [-0.25, -0.2) is 14.6 Å². The van der Waals surface area contributed by atoms with Gasteiger partial charge in [0.1, 0.15) is 0 Å². The zero-order valence-corrected chi connectivity index (χ0v) is 14.1. The largest absolute Gasteiger partial charge is 0.380 e. The second-order valence-corrected chi connectivity index (χ2v) is 6.09. The number of anilines is 2. The Kier molecular flexibility index (Phi) is 4.43. The molecule has 1 saturated heterocycles. The highest BCUT2D eigenvalue weighted by Gasteiger charge is 2.24. The van der Waals surface area contributed by atoms with E-state index in [1.807, 2.05) is 18.2 Å². The van der Waals surface area contributed by atoms with E-state index in [2.05, 4.69) is 42.6 Å². The molecular weight excluding hydrogens is 320 g/mol. The summed E-state index contributed by atoms with van der Waals surface area (Å²) in [5.74, 6) is 1.45. The van der Waals surface area contributed by atoms with Crippen molar-refractivity contribution in [3.8, 4) is 0 Å². The highest BCUT2D eigenvalue weighted by Crippen LogP contribution is 2.27. The van der Waals surface area contributed by atoms with E-state index in [4.69, 9.17) is 9.37 Å². The summed E-state index contributed by atoms with van der Waals surface area (Å²) in [4.78, 5) is 11.4. The molecule has 1 aliphatic heterocycles. The van der Waals surface area contributed by atoms with Crippen molar-refractivity contribution >= 4 is 22.9 Å². The first-order valence-electron chi connectivity index (χ1n) is 8.39. The average molecular weight is 340 g/mol. The molecule has 1 fully saturated rings. The Labute approximate surface area is 145 Å². The molecular formula is C17H20N6O2. The summed E-state index contributed by atoms with van der Waals surface area (Å²) in [7, 11) is 1.75. The fourth-order valence-corrected chi connectivity index (χ4v) is 3.07. The summed E-state index contributed by atoms with van der Waals surface area (Å²) >= 11 is 0. The molecule has 130 valence electrons. The SMILES string of the molecule is COC1CCCN(c2nc3nonc3nc2NCc2ccccc2)C1. The lowest BCUT2D eigenvalue weighted by Gasteiger charge is -2.33. The minimum absolute atomic E-state index is 0.198. The molecule has 3 aromatic rings. The Morgan fingerprint density at radius 3 is 2.80 bits per heavy atom. The van der Waals surface area contributed by atoms with Crippen LogP contribution in [0.15, 0.2) is 35.0 Å². The molecule has 2 aromatic heterocycles. The Morgan fingerprint density at radius 2 is 2.00 bits per heavy atom. The van der Waals surface area contributed by atoms with Crippen molar-refractivity contribution in [2.24, 2.45) is 0 Å². The second kappa shape index (κ2) is 7.02. The Morgan fingerprint density at radius 1 is 1.20 bits per heavy atom. The summed E-state index contributed by atoms with van der Waals surface area (Å²) < 4.78 is 10.3. The fraction of sp³-hybridized carbons (Fsp3) is 0.412. The number of nitrogens with one attached hydrogen (secondary N) is 1. The average Bonchev–Trinajstić information content (AvgIpc) is 3.14. The molecule has 1 N–H and O–H groups in total. The number of rotatable bonds is 5. The molecule has 3 heterocycles. The Balaban J connectivity index is 1.63. The number of aromatic nitrogens is 4. The predicted octanol–water partition coefficient (Wildman–Crippen LogP) is 2.24. The van der Waals surface area contributed by atoms with Gasteiger partial charge < -0.3 is 15.0 Å². The number of methoxy groups -OCH3 is 1. The Hall–Kier alpha value is -2.74. The van der Waals surface area contributed by atoms with Crippen LogP contribution in [0.25, 0.3) is 11.3 Å². The van der Waals surface area contributed by atoms with Gasteiger partial charge in [-0.1, -0.05) is 30.3 Å². The van der Waals surface area contributed by atoms with E-state index in [1.54, 1.807) is 7.11 Å². The van der Waals surface area contributed by atoms with E-state index in [-0.39, 0.29) is 6.10 Å². The van der Waals surface area contributed by atoms with Gasteiger partial charge in [0.2, 0.25) is 11.3 Å². The number of benzene rings is 1. The number of hydrogen-bond donors (Lipinski definition) is 1. The van der Waals surface area contributed by atoms with Crippen molar-refractivity contribution in [2.75, 3.05) is 30.4 Å². The van der Waals surface area contributed by atoms with Crippen molar-refractivity contribution in [1.82, 2.24) is 20.3 Å². The summed E-state index contributed by atoms with van der Waals surface area (Å²) in [6, 6.07) is 10.2. The van der Waals surface area contributed by atoms with Gasteiger partial charge >= 0.3 is 0 Å². The maximum Gasteiger partial charge on any atom is 0.245 e. The summed E-state index contributed by atoms with van der Waals surface area (Å²) in [6.07, 6.45) is 2.30. The molecule has 1 atom stereocenters. The maximum absolute atomic E-state index is 5.53. The minimum Gasteiger partial charge on any atom is -0.380 e. The third-order valence-electron chi connectivity index (χ3n) is 4.41. The van der Waals surface area contributed by atoms with Crippen LogP contribution in [0.1, 0.15) is 18.4 Å². The molecule has 4 rings (SSSR count). The van der Waals surface area contributed by atoms with Gasteiger partial charge in [-0.05, 0) is 28.7 Å². The molecule has 8 nitrogen and oxygen atoms in total. The van der Waals surface area contributed by atoms with E-state index < -0.39 is 0 Å². The van der Waals surface area contributed by atoms with Crippen LogP contribution < -0.4 is 10.2 Å². The summed E-state index contributed by atoms with van der Waals surface area (Å²) in [5.41, 5.74) is 1.99. The molecule has 1 aliphatic rings. The molecule has 0 amide bonds. The van der Waals surface area contributed by atoms with Crippen LogP contribution in [-0.4, -0.2) is 46.6 Å². The highest BCUT2D eigenvalue weighted by atomic mass is 16.6. The van der Waals surface area contributed by atoms with Crippen LogP contribution in [0, 0.1) is 0 Å². The van der Waals surface area contributed by atoms with Gasteiger partial charge in [0, 0.05) is 26.7 Å². The van der Waals surface area contributed by atoms with Gasteiger partial charge in [0.25, 0.3) is 0 Å². The molecule has 0 aliphatic carbocycles. The van der Waals surface area contributed by atoms with E-state index >= 15 is 0 Å². The van der Waals surface area contributed by atoms with Gasteiger partial charge in [-0.3, -0.25) is 0 Å².